The van der Waals surface area contributed by atoms with Crippen molar-refractivity contribution >= 4 is 11.9 Å². The van der Waals surface area contributed by atoms with Crippen molar-refractivity contribution < 1.29 is 14.7 Å². The second kappa shape index (κ2) is 7.08. The molecule has 0 saturated heterocycles. The monoisotopic (exact) mass is 277 g/mol. The van der Waals surface area contributed by atoms with Gasteiger partial charge in [0.15, 0.2) is 0 Å². The lowest BCUT2D eigenvalue weighted by molar-refractivity contribution is -0.143. The number of aliphatic carboxylic acids is 1. The number of nitrogens with one attached hydrogen (secondary N) is 1. The average Bonchev–Trinajstić information content (AvgIpc) is 2.39. The molecule has 0 saturated carbocycles. The van der Waals surface area contributed by atoms with Crippen LogP contribution >= 0.6 is 0 Å². The third-order valence-electron chi connectivity index (χ3n) is 3.65. The Morgan fingerprint density at radius 1 is 1.30 bits per heavy atom. The van der Waals surface area contributed by atoms with Gasteiger partial charge in [-0.3, -0.25) is 4.79 Å². The van der Waals surface area contributed by atoms with Crippen molar-refractivity contribution in [3.05, 3.63) is 34.9 Å². The Hall–Kier alpha value is -1.84. The molecule has 0 unspecified atom stereocenters. The highest BCUT2D eigenvalue weighted by Crippen LogP contribution is 2.12. The minimum Gasteiger partial charge on any atom is -0.480 e. The lowest BCUT2D eigenvalue weighted by Crippen LogP contribution is -2.45. The van der Waals surface area contributed by atoms with Crippen molar-refractivity contribution in [2.75, 3.05) is 0 Å². The fraction of sp³-hybridized carbons (Fsp3) is 0.500. The summed E-state index contributed by atoms with van der Waals surface area (Å²) in [5, 5.41) is 11.8. The molecule has 0 bridgehead atoms. The molecular formula is C16H23NO3. The minimum atomic E-state index is -0.978. The van der Waals surface area contributed by atoms with E-state index in [-0.39, 0.29) is 18.2 Å². The van der Waals surface area contributed by atoms with Gasteiger partial charge < -0.3 is 10.4 Å². The van der Waals surface area contributed by atoms with Gasteiger partial charge in [-0.05, 0) is 30.9 Å². The topological polar surface area (TPSA) is 66.4 Å². The number of carboxylic acid groups (broad SMARTS) is 1. The van der Waals surface area contributed by atoms with Crippen LogP contribution in [0.15, 0.2) is 18.2 Å². The lowest BCUT2D eigenvalue weighted by atomic mass is 9.98. The van der Waals surface area contributed by atoms with Crippen molar-refractivity contribution in [3.8, 4) is 0 Å². The first kappa shape index (κ1) is 16.2. The molecule has 1 aromatic carbocycles. The molecule has 0 aliphatic heterocycles. The van der Waals surface area contributed by atoms with Crippen LogP contribution in [-0.2, 0) is 16.0 Å². The quantitative estimate of drug-likeness (QED) is 0.839. The van der Waals surface area contributed by atoms with E-state index >= 15 is 0 Å². The standard InChI is InChI=1S/C16H23NO3/c1-5-11(3)15(16(19)20)17-14(18)9-13-8-10(2)6-7-12(13)4/h6-8,11,15H,5,9H2,1-4H3,(H,17,18)(H,19,20)/t11-,15-/m0/s1. The zero-order valence-electron chi connectivity index (χ0n) is 12.6. The van der Waals surface area contributed by atoms with E-state index in [4.69, 9.17) is 0 Å². The summed E-state index contributed by atoms with van der Waals surface area (Å²) in [4.78, 5) is 23.2. The molecule has 2 N–H and O–H groups in total. The Balaban J connectivity index is 2.75. The molecule has 0 aromatic heterocycles. The van der Waals surface area contributed by atoms with Gasteiger partial charge >= 0.3 is 5.97 Å². The van der Waals surface area contributed by atoms with E-state index in [0.717, 1.165) is 16.7 Å². The third kappa shape index (κ3) is 4.37. The number of aryl methyl sites for hydroxylation is 2. The van der Waals surface area contributed by atoms with E-state index in [2.05, 4.69) is 5.32 Å². The first-order chi connectivity index (χ1) is 9.35. The predicted molar refractivity (Wildman–Crippen MR) is 78.6 cm³/mol. The summed E-state index contributed by atoms with van der Waals surface area (Å²) >= 11 is 0. The first-order valence-corrected chi connectivity index (χ1v) is 6.93. The Morgan fingerprint density at radius 2 is 1.95 bits per heavy atom. The number of carboxylic acids is 1. The van der Waals surface area contributed by atoms with Crippen molar-refractivity contribution in [1.82, 2.24) is 5.32 Å². The summed E-state index contributed by atoms with van der Waals surface area (Å²) in [6, 6.07) is 5.11. The highest BCUT2D eigenvalue weighted by atomic mass is 16.4. The second-order valence-corrected chi connectivity index (χ2v) is 5.38. The number of benzene rings is 1. The molecule has 20 heavy (non-hydrogen) atoms. The van der Waals surface area contributed by atoms with Gasteiger partial charge in [0, 0.05) is 0 Å². The summed E-state index contributed by atoms with van der Waals surface area (Å²) in [5.74, 6) is -1.31. The van der Waals surface area contributed by atoms with Gasteiger partial charge in [0.2, 0.25) is 5.91 Å². The molecule has 110 valence electrons. The maximum Gasteiger partial charge on any atom is 0.326 e. The summed E-state index contributed by atoms with van der Waals surface area (Å²) in [6.45, 7) is 7.67. The smallest absolute Gasteiger partial charge is 0.326 e. The molecule has 4 heteroatoms. The van der Waals surface area contributed by atoms with Crippen molar-refractivity contribution in [3.63, 3.8) is 0 Å². The van der Waals surface area contributed by atoms with Crippen molar-refractivity contribution in [1.29, 1.82) is 0 Å². The van der Waals surface area contributed by atoms with Crippen molar-refractivity contribution in [2.24, 2.45) is 5.92 Å². The molecule has 0 spiro atoms. The Bertz CT molecular complexity index is 496. The lowest BCUT2D eigenvalue weighted by Gasteiger charge is -2.20. The average molecular weight is 277 g/mol. The molecule has 0 aliphatic rings. The van der Waals surface area contributed by atoms with Gasteiger partial charge in [-0.15, -0.1) is 0 Å². The van der Waals surface area contributed by atoms with E-state index < -0.39 is 12.0 Å². The second-order valence-electron chi connectivity index (χ2n) is 5.38. The number of hydrogen-bond donors (Lipinski definition) is 2. The maximum atomic E-state index is 12.0. The van der Waals surface area contributed by atoms with Gasteiger partial charge in [-0.25, -0.2) is 4.79 Å². The van der Waals surface area contributed by atoms with Crippen LogP contribution in [0.1, 0.15) is 37.0 Å². The molecular weight excluding hydrogens is 254 g/mol. The Morgan fingerprint density at radius 3 is 2.50 bits per heavy atom. The molecule has 1 aromatic rings. The number of rotatable bonds is 6. The highest BCUT2D eigenvalue weighted by molar-refractivity contribution is 5.85. The van der Waals surface area contributed by atoms with Gasteiger partial charge in [0.1, 0.15) is 6.04 Å². The zero-order chi connectivity index (χ0) is 15.3. The zero-order valence-corrected chi connectivity index (χ0v) is 12.6. The molecule has 2 atom stereocenters. The number of carbonyl (C=O) groups is 2. The van der Waals surface area contributed by atoms with E-state index in [1.54, 1.807) is 0 Å². The van der Waals surface area contributed by atoms with E-state index in [1.807, 2.05) is 45.9 Å². The number of amides is 1. The molecule has 0 aliphatic carbocycles. The molecule has 0 fully saturated rings. The Kier molecular flexibility index (Phi) is 5.74. The minimum absolute atomic E-state index is 0.0879. The summed E-state index contributed by atoms with van der Waals surface area (Å²) in [6.07, 6.45) is 0.925. The van der Waals surface area contributed by atoms with Gasteiger partial charge in [0.05, 0.1) is 6.42 Å². The SMILES string of the molecule is CC[C@H](C)[C@H](NC(=O)Cc1cc(C)ccc1C)C(=O)O. The van der Waals surface area contributed by atoms with Crippen LogP contribution < -0.4 is 5.32 Å². The number of hydrogen-bond acceptors (Lipinski definition) is 2. The summed E-state index contributed by atoms with van der Waals surface area (Å²) in [5.41, 5.74) is 3.08. The first-order valence-electron chi connectivity index (χ1n) is 6.93. The summed E-state index contributed by atoms with van der Waals surface area (Å²) in [7, 11) is 0. The van der Waals surface area contributed by atoms with Crippen LogP contribution in [0.3, 0.4) is 0 Å². The van der Waals surface area contributed by atoms with Crippen LogP contribution in [0.25, 0.3) is 0 Å². The molecule has 1 amide bonds. The van der Waals surface area contributed by atoms with E-state index in [9.17, 15) is 14.7 Å². The molecule has 4 nitrogen and oxygen atoms in total. The largest absolute Gasteiger partial charge is 0.480 e. The van der Waals surface area contributed by atoms with Gasteiger partial charge in [-0.2, -0.15) is 0 Å². The van der Waals surface area contributed by atoms with Crippen LogP contribution in [0.4, 0.5) is 0 Å². The Labute approximate surface area is 120 Å². The highest BCUT2D eigenvalue weighted by Gasteiger charge is 2.25. The van der Waals surface area contributed by atoms with Crippen LogP contribution in [0, 0.1) is 19.8 Å². The van der Waals surface area contributed by atoms with Crippen LogP contribution in [0.5, 0.6) is 0 Å². The van der Waals surface area contributed by atoms with Crippen LogP contribution in [0.2, 0.25) is 0 Å². The maximum absolute atomic E-state index is 12.0. The van der Waals surface area contributed by atoms with Crippen LogP contribution in [-0.4, -0.2) is 23.0 Å². The molecule has 1 rings (SSSR count). The normalized spacial score (nSPS) is 13.6. The molecule has 0 radical (unpaired) electrons. The number of carbonyl (C=O) groups excluding carboxylic acids is 1. The third-order valence-corrected chi connectivity index (χ3v) is 3.65. The molecule has 0 heterocycles. The van der Waals surface area contributed by atoms with Crippen molar-refractivity contribution in [2.45, 2.75) is 46.6 Å². The van der Waals surface area contributed by atoms with Gasteiger partial charge in [-0.1, -0.05) is 44.0 Å². The predicted octanol–water partition coefficient (Wildman–Crippen LogP) is 2.46. The van der Waals surface area contributed by atoms with E-state index in [0.29, 0.717) is 6.42 Å². The fourth-order valence-electron chi connectivity index (χ4n) is 2.07. The fourth-order valence-corrected chi connectivity index (χ4v) is 2.07. The van der Waals surface area contributed by atoms with E-state index in [1.165, 1.54) is 0 Å². The summed E-state index contributed by atoms with van der Waals surface area (Å²) < 4.78 is 0. The van der Waals surface area contributed by atoms with Gasteiger partial charge in [0.25, 0.3) is 0 Å².